The number of amides is 1. The van der Waals surface area contributed by atoms with Crippen LogP contribution < -0.4 is 10.1 Å². The highest BCUT2D eigenvalue weighted by molar-refractivity contribution is 5.76. The number of hydrogen-bond donors (Lipinski definition) is 2. The molecule has 1 fully saturated rings. The van der Waals surface area contributed by atoms with Crippen LogP contribution in [0.25, 0.3) is 0 Å². The Kier molecular flexibility index (Phi) is 7.32. The van der Waals surface area contributed by atoms with Crippen LogP contribution >= 0.6 is 0 Å². The van der Waals surface area contributed by atoms with Crippen LogP contribution in [0.4, 0.5) is 8.78 Å². The molecule has 1 saturated carbocycles. The molecule has 0 bridgehead atoms. The van der Waals surface area contributed by atoms with Crippen LogP contribution in [0.3, 0.4) is 0 Å². The van der Waals surface area contributed by atoms with E-state index in [1.165, 1.54) is 6.07 Å². The predicted octanol–water partition coefficient (Wildman–Crippen LogP) is 2.18. The molecule has 0 saturated heterocycles. The third-order valence-electron chi connectivity index (χ3n) is 4.44. The van der Waals surface area contributed by atoms with Gasteiger partial charge in [-0.3, -0.25) is 14.5 Å². The maximum Gasteiger partial charge on any atom is 0.317 e. The Bertz CT molecular complexity index is 636. The molecule has 1 amide bonds. The normalized spacial score (nSPS) is 19.1. The number of carbonyl (C=O) groups excluding carboxylic acids is 1. The van der Waals surface area contributed by atoms with E-state index >= 15 is 0 Å². The van der Waals surface area contributed by atoms with Crippen molar-refractivity contribution in [3.8, 4) is 5.75 Å². The molecule has 1 aliphatic rings. The lowest BCUT2D eigenvalue weighted by Crippen LogP contribution is -2.54. The highest BCUT2D eigenvalue weighted by atomic mass is 19.1. The smallest absolute Gasteiger partial charge is 0.317 e. The zero-order valence-electron chi connectivity index (χ0n) is 14.7. The second-order valence-corrected chi connectivity index (χ2v) is 6.37. The van der Waals surface area contributed by atoms with Crippen LogP contribution in [0.2, 0.25) is 0 Å². The number of nitrogens with zero attached hydrogens (tertiary/aromatic N) is 1. The summed E-state index contributed by atoms with van der Waals surface area (Å²) in [6.07, 6.45) is 2.14. The van der Waals surface area contributed by atoms with Gasteiger partial charge in [0.15, 0.2) is 11.6 Å². The van der Waals surface area contributed by atoms with E-state index in [-0.39, 0.29) is 43.3 Å². The molecule has 0 radical (unpaired) electrons. The van der Waals surface area contributed by atoms with Gasteiger partial charge in [0.25, 0.3) is 0 Å². The zero-order valence-corrected chi connectivity index (χ0v) is 14.7. The lowest BCUT2D eigenvalue weighted by atomic mass is 9.85. The molecule has 0 aliphatic heterocycles. The van der Waals surface area contributed by atoms with E-state index in [0.29, 0.717) is 13.0 Å². The maximum absolute atomic E-state index is 13.4. The van der Waals surface area contributed by atoms with Crippen molar-refractivity contribution in [2.24, 2.45) is 0 Å². The van der Waals surface area contributed by atoms with Gasteiger partial charge in [0.05, 0.1) is 13.2 Å². The van der Waals surface area contributed by atoms with Gasteiger partial charge in [-0.1, -0.05) is 6.92 Å². The number of aliphatic carboxylic acids is 1. The molecular formula is C18H24F2N2O4. The first-order valence-electron chi connectivity index (χ1n) is 8.72. The monoisotopic (exact) mass is 370 g/mol. The first kappa shape index (κ1) is 20.1. The van der Waals surface area contributed by atoms with E-state index in [9.17, 15) is 18.4 Å². The van der Waals surface area contributed by atoms with Gasteiger partial charge in [-0.05, 0) is 37.9 Å². The van der Waals surface area contributed by atoms with Gasteiger partial charge in [-0.15, -0.1) is 0 Å². The van der Waals surface area contributed by atoms with Gasteiger partial charge >= 0.3 is 5.97 Å². The number of benzene rings is 1. The highest BCUT2D eigenvalue weighted by Gasteiger charge is 2.34. The number of carboxylic acids is 1. The molecule has 0 heterocycles. The van der Waals surface area contributed by atoms with E-state index in [1.54, 1.807) is 0 Å². The molecule has 0 aromatic heterocycles. The highest BCUT2D eigenvalue weighted by Crippen LogP contribution is 2.25. The average Bonchev–Trinajstić information content (AvgIpc) is 2.54. The van der Waals surface area contributed by atoms with Crippen molar-refractivity contribution in [3.63, 3.8) is 0 Å². The fourth-order valence-electron chi connectivity index (χ4n) is 2.98. The largest absolute Gasteiger partial charge is 0.491 e. The molecule has 1 aromatic carbocycles. The summed E-state index contributed by atoms with van der Waals surface area (Å²) in [6, 6.07) is 3.33. The van der Waals surface area contributed by atoms with Crippen molar-refractivity contribution in [1.82, 2.24) is 10.2 Å². The molecule has 0 spiro atoms. The number of likely N-dealkylation sites (N-methyl/N-ethyl adjacent to an activating group) is 1. The Balaban J connectivity index is 1.61. The summed E-state index contributed by atoms with van der Waals surface area (Å²) in [6.45, 7) is 2.75. The number of carboxylic acid groups (broad SMARTS) is 1. The van der Waals surface area contributed by atoms with Crippen LogP contribution in [-0.2, 0) is 9.59 Å². The Morgan fingerprint density at radius 3 is 2.69 bits per heavy atom. The molecule has 144 valence electrons. The summed E-state index contributed by atoms with van der Waals surface area (Å²) in [7, 11) is 0. The minimum atomic E-state index is -0.850. The first-order valence-corrected chi connectivity index (χ1v) is 8.72. The van der Waals surface area contributed by atoms with Gasteiger partial charge < -0.3 is 15.2 Å². The van der Waals surface area contributed by atoms with Crippen molar-refractivity contribution in [2.45, 2.75) is 44.7 Å². The molecule has 0 unspecified atom stereocenters. The summed E-state index contributed by atoms with van der Waals surface area (Å²) in [5, 5.41) is 11.8. The zero-order chi connectivity index (χ0) is 19.1. The van der Waals surface area contributed by atoms with Gasteiger partial charge in [-0.25, -0.2) is 8.78 Å². The standard InChI is InChI=1S/C18H24F2N2O4/c1-2-22(11-18(24)25)14-9-13(10-14)21-17(23)4-3-7-26-16-6-5-12(19)8-15(16)20/h5-6,8,13-14H,2-4,7,9-11H2,1H3,(H,21,23)(H,24,25). The maximum atomic E-state index is 13.4. The van der Waals surface area contributed by atoms with Gasteiger partial charge in [0, 0.05) is 24.6 Å². The summed E-state index contributed by atoms with van der Waals surface area (Å²) in [4.78, 5) is 24.6. The van der Waals surface area contributed by atoms with Crippen molar-refractivity contribution < 1.29 is 28.2 Å². The van der Waals surface area contributed by atoms with Crippen LogP contribution in [-0.4, -0.2) is 53.7 Å². The number of rotatable bonds is 10. The average molecular weight is 370 g/mol. The Hall–Kier alpha value is -2.22. The molecular weight excluding hydrogens is 346 g/mol. The minimum absolute atomic E-state index is 0.0130. The summed E-state index contributed by atoms with van der Waals surface area (Å²) < 4.78 is 31.4. The molecule has 6 nitrogen and oxygen atoms in total. The lowest BCUT2D eigenvalue weighted by molar-refractivity contribution is -0.139. The Morgan fingerprint density at radius 1 is 1.35 bits per heavy atom. The van der Waals surface area contributed by atoms with Gasteiger partial charge in [0.1, 0.15) is 5.82 Å². The molecule has 1 aliphatic carbocycles. The van der Waals surface area contributed by atoms with E-state index in [4.69, 9.17) is 9.84 Å². The third-order valence-corrected chi connectivity index (χ3v) is 4.44. The molecule has 0 atom stereocenters. The fourth-order valence-corrected chi connectivity index (χ4v) is 2.98. The third kappa shape index (κ3) is 5.94. The molecule has 26 heavy (non-hydrogen) atoms. The van der Waals surface area contributed by atoms with Crippen molar-refractivity contribution in [3.05, 3.63) is 29.8 Å². The number of carbonyl (C=O) groups is 2. The fraction of sp³-hybridized carbons (Fsp3) is 0.556. The van der Waals surface area contributed by atoms with Crippen LogP contribution in [0.15, 0.2) is 18.2 Å². The van der Waals surface area contributed by atoms with Crippen molar-refractivity contribution in [2.75, 3.05) is 19.7 Å². The summed E-state index contributed by atoms with van der Waals surface area (Å²) in [5.74, 6) is -2.43. The second kappa shape index (κ2) is 9.47. The van der Waals surface area contributed by atoms with Gasteiger partial charge in [-0.2, -0.15) is 0 Å². The molecule has 2 N–H and O–H groups in total. The Labute approximate surface area is 151 Å². The van der Waals surface area contributed by atoms with Crippen LogP contribution in [0.1, 0.15) is 32.6 Å². The van der Waals surface area contributed by atoms with Crippen molar-refractivity contribution in [1.29, 1.82) is 0 Å². The summed E-state index contributed by atoms with van der Waals surface area (Å²) in [5.41, 5.74) is 0. The van der Waals surface area contributed by atoms with E-state index in [1.807, 2.05) is 11.8 Å². The van der Waals surface area contributed by atoms with E-state index < -0.39 is 17.6 Å². The second-order valence-electron chi connectivity index (χ2n) is 6.37. The minimum Gasteiger partial charge on any atom is -0.491 e. The molecule has 1 aromatic rings. The van der Waals surface area contributed by atoms with Gasteiger partial charge in [0.2, 0.25) is 5.91 Å². The number of hydrogen-bond acceptors (Lipinski definition) is 4. The Morgan fingerprint density at radius 2 is 2.08 bits per heavy atom. The first-order chi connectivity index (χ1) is 12.4. The van der Waals surface area contributed by atoms with E-state index in [0.717, 1.165) is 25.0 Å². The topological polar surface area (TPSA) is 78.9 Å². The summed E-state index contributed by atoms with van der Waals surface area (Å²) >= 11 is 0. The number of ether oxygens (including phenoxy) is 1. The van der Waals surface area contributed by atoms with Crippen molar-refractivity contribution >= 4 is 11.9 Å². The molecule has 8 heteroatoms. The van der Waals surface area contributed by atoms with E-state index in [2.05, 4.69) is 5.32 Å². The predicted molar refractivity (Wildman–Crippen MR) is 90.9 cm³/mol. The lowest BCUT2D eigenvalue weighted by Gasteiger charge is -2.42. The SMILES string of the molecule is CCN(CC(=O)O)C1CC(NC(=O)CCCOc2ccc(F)cc2F)C1. The number of halogens is 2. The quantitative estimate of drug-likeness (QED) is 0.617. The van der Waals surface area contributed by atoms with Crippen LogP contribution in [0, 0.1) is 11.6 Å². The number of nitrogens with one attached hydrogen (secondary N) is 1. The molecule has 2 rings (SSSR count). The van der Waals surface area contributed by atoms with Crippen LogP contribution in [0.5, 0.6) is 5.75 Å².